The van der Waals surface area contributed by atoms with E-state index in [4.69, 9.17) is 9.47 Å². The molecule has 2 aliphatic heterocycles. The Labute approximate surface area is 188 Å². The maximum absolute atomic E-state index is 13.6. The first-order valence-corrected chi connectivity index (χ1v) is 12.6. The quantitative estimate of drug-likeness (QED) is 0.765. The Balaban J connectivity index is 1.53. The second-order valence-electron chi connectivity index (χ2n) is 8.91. The molecule has 1 aliphatic carbocycles. The Morgan fingerprint density at radius 3 is 2.31 bits per heavy atom. The first-order valence-electron chi connectivity index (χ1n) is 11.1. The molecule has 2 aromatic rings. The average molecular weight is 457 g/mol. The summed E-state index contributed by atoms with van der Waals surface area (Å²) in [7, 11) is -2.17. The van der Waals surface area contributed by atoms with Crippen molar-refractivity contribution in [3.63, 3.8) is 0 Å². The number of ether oxygens (including phenoxy) is 2. The van der Waals surface area contributed by atoms with Crippen LogP contribution >= 0.6 is 0 Å². The summed E-state index contributed by atoms with van der Waals surface area (Å²) >= 11 is 0. The van der Waals surface area contributed by atoms with Gasteiger partial charge in [-0.05, 0) is 74.3 Å². The smallest absolute Gasteiger partial charge is 0.254 e. The second kappa shape index (κ2) is 7.78. The summed E-state index contributed by atoms with van der Waals surface area (Å²) in [6, 6.07) is 10.2. The normalized spacial score (nSPS) is 21.4. The van der Waals surface area contributed by atoms with E-state index in [1.54, 1.807) is 12.1 Å². The highest BCUT2D eigenvalue weighted by molar-refractivity contribution is 7.89. The number of carbonyl (C=O) groups is 1. The zero-order valence-electron chi connectivity index (χ0n) is 18.4. The second-order valence-corrected chi connectivity index (χ2v) is 10.8. The van der Waals surface area contributed by atoms with Crippen LogP contribution in [0.1, 0.15) is 60.1 Å². The molecule has 1 spiro atoms. The van der Waals surface area contributed by atoms with E-state index < -0.39 is 10.0 Å². The number of benzene rings is 2. The van der Waals surface area contributed by atoms with Gasteiger partial charge in [-0.15, -0.1) is 0 Å². The van der Waals surface area contributed by atoms with Crippen molar-refractivity contribution in [3.05, 3.63) is 53.1 Å². The standard InChI is InChI=1S/C24H28N2O5S/c1-16-19-13-21-22(31-12-11-30-21)14-20(19)24(9-3-4-10-24)15-26(16)23(27)17-5-7-18(8-6-17)32(28,29)25-2/h5-8,13-14,16,25H,3-4,9-12,15H2,1-2H3/t16-/m1/s1. The molecule has 0 unspecified atom stereocenters. The van der Waals surface area contributed by atoms with E-state index in [2.05, 4.69) is 23.8 Å². The third kappa shape index (κ3) is 3.36. The first-order chi connectivity index (χ1) is 15.3. The molecule has 7 nitrogen and oxygen atoms in total. The highest BCUT2D eigenvalue weighted by atomic mass is 32.2. The molecule has 1 saturated carbocycles. The van der Waals surface area contributed by atoms with Crippen LogP contribution in [0.25, 0.3) is 0 Å². The molecule has 170 valence electrons. The van der Waals surface area contributed by atoms with Crippen molar-refractivity contribution < 1.29 is 22.7 Å². The van der Waals surface area contributed by atoms with Gasteiger partial charge in [0.25, 0.3) is 5.91 Å². The van der Waals surface area contributed by atoms with E-state index in [0.29, 0.717) is 25.3 Å². The van der Waals surface area contributed by atoms with Gasteiger partial charge in [0.2, 0.25) is 10.0 Å². The molecule has 32 heavy (non-hydrogen) atoms. The molecule has 1 atom stereocenters. The van der Waals surface area contributed by atoms with Gasteiger partial charge >= 0.3 is 0 Å². The summed E-state index contributed by atoms with van der Waals surface area (Å²) in [5.41, 5.74) is 2.81. The van der Waals surface area contributed by atoms with E-state index in [1.807, 2.05) is 4.90 Å². The van der Waals surface area contributed by atoms with Crippen LogP contribution in [0.3, 0.4) is 0 Å². The summed E-state index contributed by atoms with van der Waals surface area (Å²) in [4.78, 5) is 15.7. The van der Waals surface area contributed by atoms with Gasteiger partial charge < -0.3 is 14.4 Å². The maximum atomic E-state index is 13.6. The number of fused-ring (bicyclic) bond motifs is 3. The molecular weight excluding hydrogens is 428 g/mol. The third-order valence-corrected chi connectivity index (χ3v) is 8.61. The summed E-state index contributed by atoms with van der Waals surface area (Å²) in [6.07, 6.45) is 4.35. The fourth-order valence-electron chi connectivity index (χ4n) is 5.41. The molecular formula is C24H28N2O5S. The maximum Gasteiger partial charge on any atom is 0.254 e. The van der Waals surface area contributed by atoms with Crippen LogP contribution in [0, 0.1) is 0 Å². The van der Waals surface area contributed by atoms with Crippen molar-refractivity contribution in [1.29, 1.82) is 0 Å². The number of nitrogens with one attached hydrogen (secondary N) is 1. The van der Waals surface area contributed by atoms with Gasteiger partial charge in [0.15, 0.2) is 11.5 Å². The fraction of sp³-hybridized carbons (Fsp3) is 0.458. The van der Waals surface area contributed by atoms with Crippen LogP contribution in [0.5, 0.6) is 11.5 Å². The Morgan fingerprint density at radius 2 is 1.69 bits per heavy atom. The predicted molar refractivity (Wildman–Crippen MR) is 120 cm³/mol. The average Bonchev–Trinajstić information content (AvgIpc) is 3.29. The minimum atomic E-state index is -3.54. The molecule has 0 aromatic heterocycles. The van der Waals surface area contributed by atoms with Gasteiger partial charge in [-0.1, -0.05) is 12.8 Å². The summed E-state index contributed by atoms with van der Waals surface area (Å²) < 4.78 is 38.1. The van der Waals surface area contributed by atoms with Crippen molar-refractivity contribution in [3.8, 4) is 11.5 Å². The van der Waals surface area contributed by atoms with Gasteiger partial charge in [-0.25, -0.2) is 13.1 Å². The lowest BCUT2D eigenvalue weighted by atomic mass is 9.71. The van der Waals surface area contributed by atoms with Crippen molar-refractivity contribution in [2.45, 2.75) is 49.0 Å². The Morgan fingerprint density at radius 1 is 1.06 bits per heavy atom. The highest BCUT2D eigenvalue weighted by Crippen LogP contribution is 2.52. The highest BCUT2D eigenvalue weighted by Gasteiger charge is 2.46. The SMILES string of the molecule is CNS(=O)(=O)c1ccc(C(=O)N2CC3(CCCC3)c3cc4c(cc3[C@H]2C)OCCO4)cc1. The Hall–Kier alpha value is -2.58. The Kier molecular flexibility index (Phi) is 5.17. The molecule has 1 N–H and O–H groups in total. The molecule has 0 radical (unpaired) electrons. The number of sulfonamides is 1. The number of carbonyl (C=O) groups excluding carboxylic acids is 1. The zero-order chi connectivity index (χ0) is 22.5. The first kappa shape index (κ1) is 21.3. The molecule has 1 fully saturated rings. The molecule has 8 heteroatoms. The van der Waals surface area contributed by atoms with Crippen LogP contribution in [0.15, 0.2) is 41.3 Å². The van der Waals surface area contributed by atoms with Gasteiger partial charge in [0, 0.05) is 17.5 Å². The largest absolute Gasteiger partial charge is 0.486 e. The van der Waals surface area contributed by atoms with Crippen LogP contribution in [-0.4, -0.2) is 46.0 Å². The van der Waals surface area contributed by atoms with E-state index in [0.717, 1.165) is 42.7 Å². The van der Waals surface area contributed by atoms with Crippen molar-refractivity contribution in [2.75, 3.05) is 26.8 Å². The monoisotopic (exact) mass is 456 g/mol. The Bertz CT molecular complexity index is 1150. The van der Waals surface area contributed by atoms with Gasteiger partial charge in [0.1, 0.15) is 13.2 Å². The minimum Gasteiger partial charge on any atom is -0.486 e. The van der Waals surface area contributed by atoms with Crippen LogP contribution in [0.2, 0.25) is 0 Å². The lowest BCUT2D eigenvalue weighted by Crippen LogP contribution is -2.48. The molecule has 0 bridgehead atoms. The van der Waals surface area contributed by atoms with Crippen molar-refractivity contribution in [1.82, 2.24) is 9.62 Å². The van der Waals surface area contributed by atoms with Gasteiger partial charge in [0.05, 0.1) is 10.9 Å². The molecule has 3 aliphatic rings. The zero-order valence-corrected chi connectivity index (χ0v) is 19.2. The summed E-state index contributed by atoms with van der Waals surface area (Å²) in [6.45, 7) is 3.78. The van der Waals surface area contributed by atoms with Crippen molar-refractivity contribution >= 4 is 15.9 Å². The number of amides is 1. The van der Waals surface area contributed by atoms with Crippen LogP contribution < -0.4 is 14.2 Å². The number of hydrogen-bond donors (Lipinski definition) is 1. The van der Waals surface area contributed by atoms with E-state index in [1.165, 1.54) is 24.7 Å². The lowest BCUT2D eigenvalue weighted by Gasteiger charge is -2.46. The fourth-order valence-corrected chi connectivity index (χ4v) is 6.14. The number of nitrogens with zero attached hydrogens (tertiary/aromatic N) is 1. The van der Waals surface area contributed by atoms with Crippen LogP contribution in [-0.2, 0) is 15.4 Å². The number of hydrogen-bond acceptors (Lipinski definition) is 5. The summed E-state index contributed by atoms with van der Waals surface area (Å²) in [5, 5.41) is 0. The molecule has 0 saturated heterocycles. The molecule has 2 aromatic carbocycles. The minimum absolute atomic E-state index is 0.0806. The molecule has 2 heterocycles. The van der Waals surface area contributed by atoms with Gasteiger partial charge in [-0.2, -0.15) is 0 Å². The van der Waals surface area contributed by atoms with E-state index in [-0.39, 0.29) is 22.3 Å². The lowest BCUT2D eigenvalue weighted by molar-refractivity contribution is 0.0593. The predicted octanol–water partition coefficient (Wildman–Crippen LogP) is 3.39. The van der Waals surface area contributed by atoms with E-state index in [9.17, 15) is 13.2 Å². The topological polar surface area (TPSA) is 84.9 Å². The van der Waals surface area contributed by atoms with Crippen LogP contribution in [0.4, 0.5) is 0 Å². The molecule has 5 rings (SSSR count). The van der Waals surface area contributed by atoms with Crippen molar-refractivity contribution in [2.24, 2.45) is 0 Å². The van der Waals surface area contributed by atoms with Gasteiger partial charge in [-0.3, -0.25) is 4.79 Å². The summed E-state index contributed by atoms with van der Waals surface area (Å²) in [5.74, 6) is 1.46. The van der Waals surface area contributed by atoms with E-state index >= 15 is 0 Å². The number of rotatable bonds is 3. The third-order valence-electron chi connectivity index (χ3n) is 7.18. The molecule has 1 amide bonds.